The summed E-state index contributed by atoms with van der Waals surface area (Å²) in [6, 6.07) is 17.7. The lowest BCUT2D eigenvalue weighted by molar-refractivity contribution is -0.140. The molecule has 0 aromatic heterocycles. The van der Waals surface area contributed by atoms with Crippen LogP contribution >= 0.6 is 0 Å². The zero-order chi connectivity index (χ0) is 32.6. The first-order valence-corrected chi connectivity index (χ1v) is 16.6. The maximum atomic E-state index is 14.3. The van der Waals surface area contributed by atoms with Crippen molar-refractivity contribution in [2.24, 2.45) is 0 Å². The number of hydrogen-bond acceptors (Lipinski definition) is 7. The lowest BCUT2D eigenvalue weighted by Crippen LogP contribution is -2.53. The third kappa shape index (κ3) is 8.08. The molecule has 45 heavy (non-hydrogen) atoms. The third-order valence-electron chi connectivity index (χ3n) is 8.14. The Bertz CT molecular complexity index is 1550. The van der Waals surface area contributed by atoms with Crippen molar-refractivity contribution in [1.29, 1.82) is 0 Å². The zero-order valence-corrected chi connectivity index (χ0v) is 27.4. The first-order valence-electron chi connectivity index (χ1n) is 15.2. The van der Waals surface area contributed by atoms with Gasteiger partial charge in [-0.3, -0.25) is 13.9 Å². The summed E-state index contributed by atoms with van der Waals surface area (Å²) in [5, 5.41) is 3.13. The number of carbonyl (C=O) groups is 2. The van der Waals surface area contributed by atoms with Crippen molar-refractivity contribution < 1.29 is 32.2 Å². The molecule has 1 N–H and O–H groups in total. The van der Waals surface area contributed by atoms with Crippen molar-refractivity contribution in [3.63, 3.8) is 0 Å². The maximum Gasteiger partial charge on any atom is 0.264 e. The highest BCUT2D eigenvalue weighted by atomic mass is 32.2. The molecule has 3 aromatic rings. The molecule has 0 spiro atoms. The van der Waals surface area contributed by atoms with Crippen LogP contribution in [0.4, 0.5) is 5.69 Å². The Morgan fingerprint density at radius 2 is 1.53 bits per heavy atom. The number of aryl methyl sites for hydroxylation is 1. The lowest BCUT2D eigenvalue weighted by atomic mass is 10.1. The largest absolute Gasteiger partial charge is 0.497 e. The van der Waals surface area contributed by atoms with Gasteiger partial charge in [0, 0.05) is 18.7 Å². The van der Waals surface area contributed by atoms with Crippen LogP contribution in [-0.2, 0) is 26.2 Å². The molecule has 0 aliphatic heterocycles. The van der Waals surface area contributed by atoms with Gasteiger partial charge in [-0.2, -0.15) is 0 Å². The van der Waals surface area contributed by atoms with Gasteiger partial charge >= 0.3 is 0 Å². The molecule has 1 saturated carbocycles. The third-order valence-corrected chi connectivity index (χ3v) is 9.91. The Balaban J connectivity index is 1.73. The van der Waals surface area contributed by atoms with Crippen LogP contribution in [0.1, 0.15) is 50.2 Å². The van der Waals surface area contributed by atoms with E-state index in [1.54, 1.807) is 43.5 Å². The normalized spacial score (nSPS) is 14.0. The van der Waals surface area contributed by atoms with Gasteiger partial charge in [-0.05, 0) is 68.1 Å². The molecule has 1 aliphatic carbocycles. The minimum absolute atomic E-state index is 0.0683. The number of benzene rings is 3. The summed E-state index contributed by atoms with van der Waals surface area (Å²) >= 11 is 0. The molecule has 0 heterocycles. The molecule has 1 unspecified atom stereocenters. The van der Waals surface area contributed by atoms with Gasteiger partial charge in [-0.25, -0.2) is 8.42 Å². The van der Waals surface area contributed by atoms with Crippen LogP contribution in [0, 0.1) is 6.92 Å². The van der Waals surface area contributed by atoms with E-state index in [1.807, 2.05) is 26.0 Å². The van der Waals surface area contributed by atoms with E-state index < -0.39 is 28.5 Å². The van der Waals surface area contributed by atoms with Gasteiger partial charge in [-0.1, -0.05) is 49.6 Å². The fourth-order valence-electron chi connectivity index (χ4n) is 5.56. The Morgan fingerprint density at radius 1 is 0.889 bits per heavy atom. The molecule has 11 heteroatoms. The van der Waals surface area contributed by atoms with E-state index in [0.717, 1.165) is 41.1 Å². The number of hydrogen-bond donors (Lipinski definition) is 1. The molecule has 0 bridgehead atoms. The van der Waals surface area contributed by atoms with E-state index in [4.69, 9.17) is 14.2 Å². The van der Waals surface area contributed by atoms with Gasteiger partial charge in [0.25, 0.3) is 10.0 Å². The number of anilines is 1. The molecule has 0 saturated heterocycles. The van der Waals surface area contributed by atoms with Crippen LogP contribution in [0.15, 0.2) is 71.6 Å². The summed E-state index contributed by atoms with van der Waals surface area (Å²) in [5.41, 5.74) is 2.03. The van der Waals surface area contributed by atoms with Crippen LogP contribution in [0.2, 0.25) is 0 Å². The van der Waals surface area contributed by atoms with Crippen molar-refractivity contribution in [2.75, 3.05) is 32.2 Å². The van der Waals surface area contributed by atoms with E-state index in [-0.39, 0.29) is 29.1 Å². The van der Waals surface area contributed by atoms with E-state index in [0.29, 0.717) is 23.6 Å². The monoisotopic (exact) mass is 637 g/mol. The van der Waals surface area contributed by atoms with Crippen LogP contribution < -0.4 is 23.8 Å². The average molecular weight is 638 g/mol. The molecule has 242 valence electrons. The second-order valence-electron chi connectivity index (χ2n) is 11.1. The lowest BCUT2D eigenvalue weighted by Gasteiger charge is -2.34. The predicted octanol–water partition coefficient (Wildman–Crippen LogP) is 5.08. The molecule has 2 amide bonds. The predicted molar refractivity (Wildman–Crippen MR) is 173 cm³/mol. The summed E-state index contributed by atoms with van der Waals surface area (Å²) < 4.78 is 45.5. The van der Waals surface area contributed by atoms with Crippen LogP contribution in [0.25, 0.3) is 0 Å². The van der Waals surface area contributed by atoms with Crippen molar-refractivity contribution in [2.45, 2.75) is 69.5 Å². The zero-order valence-electron chi connectivity index (χ0n) is 26.6. The highest BCUT2D eigenvalue weighted by Crippen LogP contribution is 2.32. The second kappa shape index (κ2) is 15.2. The first-order chi connectivity index (χ1) is 21.6. The molecule has 10 nitrogen and oxygen atoms in total. The smallest absolute Gasteiger partial charge is 0.264 e. The van der Waals surface area contributed by atoms with Gasteiger partial charge < -0.3 is 24.4 Å². The van der Waals surface area contributed by atoms with Gasteiger partial charge in [0.05, 0.1) is 31.9 Å². The van der Waals surface area contributed by atoms with Gasteiger partial charge in [0.2, 0.25) is 11.8 Å². The molecule has 1 aliphatic rings. The fourth-order valence-corrected chi connectivity index (χ4v) is 6.99. The summed E-state index contributed by atoms with van der Waals surface area (Å²) in [6.45, 7) is 3.33. The maximum absolute atomic E-state index is 14.3. The molecule has 3 aromatic carbocycles. The highest BCUT2D eigenvalue weighted by molar-refractivity contribution is 7.92. The number of nitrogens with zero attached hydrogens (tertiary/aromatic N) is 2. The minimum atomic E-state index is -4.27. The van der Waals surface area contributed by atoms with E-state index in [1.165, 1.54) is 37.3 Å². The Kier molecular flexibility index (Phi) is 11.3. The van der Waals surface area contributed by atoms with Gasteiger partial charge in [0.1, 0.15) is 18.3 Å². The SMILES string of the molecule is CCC(C(=O)NC1CCCC1)N(Cc1ccc(OC)cc1)C(=O)CN(c1ccc(C)cc1)S(=O)(=O)c1ccc(OC)c(OC)c1. The number of amides is 2. The van der Waals surface area contributed by atoms with Crippen molar-refractivity contribution >= 4 is 27.5 Å². The molecule has 0 radical (unpaired) electrons. The Labute approximate surface area is 266 Å². The number of sulfonamides is 1. The Hall–Kier alpha value is -4.25. The van der Waals surface area contributed by atoms with Crippen molar-refractivity contribution in [1.82, 2.24) is 10.2 Å². The van der Waals surface area contributed by atoms with Gasteiger partial charge in [-0.15, -0.1) is 0 Å². The summed E-state index contributed by atoms with van der Waals surface area (Å²) in [6.07, 6.45) is 4.26. The number of methoxy groups -OCH3 is 3. The van der Waals surface area contributed by atoms with E-state index in [2.05, 4.69) is 5.32 Å². The molecular formula is C34H43N3O7S. The number of rotatable bonds is 14. The number of nitrogens with one attached hydrogen (secondary N) is 1. The summed E-state index contributed by atoms with van der Waals surface area (Å²) in [7, 11) is 0.191. The quantitative estimate of drug-likeness (QED) is 0.262. The molecular weight excluding hydrogens is 594 g/mol. The van der Waals surface area contributed by atoms with E-state index in [9.17, 15) is 18.0 Å². The average Bonchev–Trinajstić information content (AvgIpc) is 3.56. The highest BCUT2D eigenvalue weighted by Gasteiger charge is 2.35. The standard InChI is InChI=1S/C34H43N3O7S/c1-6-30(34(39)35-26-9-7-8-10-26)36(22-25-13-17-28(42-3)18-14-25)33(38)23-37(27-15-11-24(2)12-16-27)45(40,41)29-19-20-31(43-4)32(21-29)44-5/h11-21,26,30H,6-10,22-23H2,1-5H3,(H,35,39). The Morgan fingerprint density at radius 3 is 2.11 bits per heavy atom. The van der Waals surface area contributed by atoms with Crippen molar-refractivity contribution in [3.8, 4) is 17.2 Å². The van der Waals surface area contributed by atoms with Crippen LogP contribution in [0.3, 0.4) is 0 Å². The second-order valence-corrected chi connectivity index (χ2v) is 13.0. The number of ether oxygens (including phenoxy) is 3. The topological polar surface area (TPSA) is 114 Å². The minimum Gasteiger partial charge on any atom is -0.497 e. The molecule has 4 rings (SSSR count). The molecule has 1 atom stereocenters. The van der Waals surface area contributed by atoms with Crippen LogP contribution in [-0.4, -0.2) is 65.1 Å². The van der Waals surface area contributed by atoms with Crippen molar-refractivity contribution in [3.05, 3.63) is 77.9 Å². The van der Waals surface area contributed by atoms with Gasteiger partial charge in [0.15, 0.2) is 11.5 Å². The molecule has 1 fully saturated rings. The summed E-state index contributed by atoms with van der Waals surface area (Å²) in [5.74, 6) is 0.526. The fraction of sp³-hybridized carbons (Fsp3) is 0.412. The number of carbonyl (C=O) groups excluding carboxylic acids is 2. The first kappa shape index (κ1) is 33.6. The summed E-state index contributed by atoms with van der Waals surface area (Å²) in [4.78, 5) is 29.4. The van der Waals surface area contributed by atoms with E-state index >= 15 is 0 Å². The van der Waals surface area contributed by atoms with Crippen LogP contribution in [0.5, 0.6) is 17.2 Å².